The molecule has 0 aliphatic carbocycles. The van der Waals surface area contributed by atoms with E-state index in [0.29, 0.717) is 5.92 Å². The number of rotatable bonds is 6. The quantitative estimate of drug-likeness (QED) is 0.779. The minimum Gasteiger partial charge on any atom is -0.508 e. The molecular weight excluding hydrogens is 246 g/mol. The van der Waals surface area contributed by atoms with Crippen LogP contribution in [0.3, 0.4) is 0 Å². The van der Waals surface area contributed by atoms with Crippen LogP contribution < -0.4 is 5.32 Å². The van der Waals surface area contributed by atoms with Crippen molar-refractivity contribution in [3.63, 3.8) is 0 Å². The molecule has 0 saturated carbocycles. The van der Waals surface area contributed by atoms with Crippen LogP contribution in [0, 0.1) is 5.92 Å². The Morgan fingerprint density at radius 1 is 1.28 bits per heavy atom. The molecule has 0 radical (unpaired) electrons. The van der Waals surface area contributed by atoms with Crippen LogP contribution in [0.4, 0.5) is 0 Å². The molecule has 0 saturated heterocycles. The van der Waals surface area contributed by atoms with Crippen molar-refractivity contribution in [3.8, 4) is 5.75 Å². The normalized spacial score (nSPS) is 12.4. The summed E-state index contributed by atoms with van der Waals surface area (Å²) in [6.45, 7) is 6.90. The Hall–Kier alpha value is -1.16. The highest BCUT2D eigenvalue weighted by molar-refractivity contribution is 8.00. The maximum Gasteiger partial charge on any atom is 0.233 e. The molecule has 0 aliphatic rings. The summed E-state index contributed by atoms with van der Waals surface area (Å²) in [5, 5.41) is 12.0. The number of amides is 1. The molecule has 2 N–H and O–H groups in total. The zero-order valence-corrected chi connectivity index (χ0v) is 12.0. The van der Waals surface area contributed by atoms with E-state index in [9.17, 15) is 9.90 Å². The molecule has 4 heteroatoms. The minimum atomic E-state index is -0.123. The number of carbonyl (C=O) groups is 1. The maximum atomic E-state index is 11.8. The van der Waals surface area contributed by atoms with Crippen LogP contribution in [0.25, 0.3) is 0 Å². The average Bonchev–Trinajstić information content (AvgIpc) is 2.31. The van der Waals surface area contributed by atoms with Crippen LogP contribution in [0.15, 0.2) is 29.2 Å². The molecule has 0 fully saturated rings. The second-order valence-electron chi connectivity index (χ2n) is 4.73. The van der Waals surface area contributed by atoms with Gasteiger partial charge in [0, 0.05) is 11.4 Å². The Morgan fingerprint density at radius 2 is 1.89 bits per heavy atom. The van der Waals surface area contributed by atoms with Gasteiger partial charge in [0.15, 0.2) is 0 Å². The third-order valence-corrected chi connectivity index (χ3v) is 3.65. The maximum absolute atomic E-state index is 11.8. The number of phenolic OH excluding ortho intramolecular Hbond substituents is 1. The summed E-state index contributed by atoms with van der Waals surface area (Å²) in [7, 11) is 0. The van der Waals surface area contributed by atoms with Crippen molar-refractivity contribution < 1.29 is 9.90 Å². The second kappa shape index (κ2) is 7.31. The van der Waals surface area contributed by atoms with Gasteiger partial charge < -0.3 is 10.4 Å². The first kappa shape index (κ1) is 14.9. The van der Waals surface area contributed by atoms with Crippen LogP contribution >= 0.6 is 11.8 Å². The van der Waals surface area contributed by atoms with E-state index in [1.807, 2.05) is 19.1 Å². The van der Waals surface area contributed by atoms with Crippen molar-refractivity contribution in [2.24, 2.45) is 5.92 Å². The van der Waals surface area contributed by atoms with Crippen molar-refractivity contribution >= 4 is 17.7 Å². The number of hydrogen-bond acceptors (Lipinski definition) is 3. The predicted molar refractivity (Wildman–Crippen MR) is 75.9 cm³/mol. The third kappa shape index (κ3) is 5.45. The lowest BCUT2D eigenvalue weighted by Gasteiger charge is -2.12. The molecule has 0 aromatic heterocycles. The van der Waals surface area contributed by atoms with E-state index in [1.165, 1.54) is 11.8 Å². The molecule has 1 amide bonds. The van der Waals surface area contributed by atoms with E-state index in [1.54, 1.807) is 12.1 Å². The number of phenols is 1. The van der Waals surface area contributed by atoms with Gasteiger partial charge in [0.25, 0.3) is 0 Å². The lowest BCUT2D eigenvalue weighted by Crippen LogP contribution is -2.32. The largest absolute Gasteiger partial charge is 0.508 e. The Labute approximate surface area is 113 Å². The first-order valence-electron chi connectivity index (χ1n) is 6.22. The van der Waals surface area contributed by atoms with E-state index in [-0.39, 0.29) is 16.9 Å². The van der Waals surface area contributed by atoms with Crippen LogP contribution in [0.1, 0.15) is 27.2 Å². The Kier molecular flexibility index (Phi) is 6.05. The molecule has 1 aromatic carbocycles. The summed E-state index contributed by atoms with van der Waals surface area (Å²) >= 11 is 1.50. The summed E-state index contributed by atoms with van der Waals surface area (Å²) in [4.78, 5) is 12.8. The van der Waals surface area contributed by atoms with Crippen LogP contribution in [-0.4, -0.2) is 22.8 Å². The van der Waals surface area contributed by atoms with Gasteiger partial charge in [-0.15, -0.1) is 11.8 Å². The summed E-state index contributed by atoms with van der Waals surface area (Å²) < 4.78 is 0. The molecule has 1 atom stereocenters. The van der Waals surface area contributed by atoms with Crippen molar-refractivity contribution in [2.45, 2.75) is 37.3 Å². The minimum absolute atomic E-state index is 0.0636. The number of thioether (sulfide) groups is 1. The SMILES string of the molecule is CC(C)CCNC(=O)[C@@H](C)Sc1ccc(O)cc1. The summed E-state index contributed by atoms with van der Waals surface area (Å²) in [5.41, 5.74) is 0. The van der Waals surface area contributed by atoms with Gasteiger partial charge in [0.1, 0.15) is 5.75 Å². The monoisotopic (exact) mass is 267 g/mol. The topological polar surface area (TPSA) is 49.3 Å². The summed E-state index contributed by atoms with van der Waals surface area (Å²) in [5.74, 6) is 0.910. The summed E-state index contributed by atoms with van der Waals surface area (Å²) in [6, 6.07) is 6.90. The molecule has 100 valence electrons. The highest BCUT2D eigenvalue weighted by Gasteiger charge is 2.13. The van der Waals surface area contributed by atoms with Crippen molar-refractivity contribution in [1.82, 2.24) is 5.32 Å². The fraction of sp³-hybridized carbons (Fsp3) is 0.500. The Balaban J connectivity index is 2.37. The van der Waals surface area contributed by atoms with E-state index in [2.05, 4.69) is 19.2 Å². The van der Waals surface area contributed by atoms with Crippen LogP contribution in [0.2, 0.25) is 0 Å². The summed E-state index contributed by atoms with van der Waals surface area (Å²) in [6.07, 6.45) is 1.00. The fourth-order valence-electron chi connectivity index (χ4n) is 1.41. The molecule has 1 rings (SSSR count). The smallest absolute Gasteiger partial charge is 0.233 e. The van der Waals surface area contributed by atoms with Crippen molar-refractivity contribution in [1.29, 1.82) is 0 Å². The molecule has 0 heterocycles. The first-order valence-corrected chi connectivity index (χ1v) is 7.10. The van der Waals surface area contributed by atoms with E-state index in [4.69, 9.17) is 0 Å². The average molecular weight is 267 g/mol. The van der Waals surface area contributed by atoms with Crippen LogP contribution in [-0.2, 0) is 4.79 Å². The number of aromatic hydroxyl groups is 1. The number of hydrogen-bond donors (Lipinski definition) is 2. The van der Waals surface area contributed by atoms with Gasteiger partial charge in [-0.2, -0.15) is 0 Å². The molecule has 18 heavy (non-hydrogen) atoms. The molecular formula is C14H21NO2S. The standard InChI is InChI=1S/C14H21NO2S/c1-10(2)8-9-15-14(17)11(3)18-13-6-4-12(16)5-7-13/h4-7,10-11,16H,8-9H2,1-3H3,(H,15,17)/t11-/m1/s1. The van der Waals surface area contributed by atoms with E-state index in [0.717, 1.165) is 17.9 Å². The molecule has 0 spiro atoms. The lowest BCUT2D eigenvalue weighted by atomic mass is 10.1. The highest BCUT2D eigenvalue weighted by Crippen LogP contribution is 2.24. The molecule has 0 aliphatic heterocycles. The van der Waals surface area contributed by atoms with E-state index < -0.39 is 0 Å². The molecule has 3 nitrogen and oxygen atoms in total. The Morgan fingerprint density at radius 3 is 2.44 bits per heavy atom. The second-order valence-corrected chi connectivity index (χ2v) is 6.14. The predicted octanol–water partition coefficient (Wildman–Crippen LogP) is 3.04. The number of carbonyl (C=O) groups excluding carboxylic acids is 1. The third-order valence-electron chi connectivity index (χ3n) is 2.54. The Bertz CT molecular complexity index is 376. The van der Waals surface area contributed by atoms with Gasteiger partial charge in [0.2, 0.25) is 5.91 Å². The highest BCUT2D eigenvalue weighted by atomic mass is 32.2. The van der Waals surface area contributed by atoms with Crippen molar-refractivity contribution in [2.75, 3.05) is 6.54 Å². The zero-order valence-electron chi connectivity index (χ0n) is 11.1. The van der Waals surface area contributed by atoms with E-state index >= 15 is 0 Å². The van der Waals surface area contributed by atoms with Gasteiger partial charge in [0.05, 0.1) is 5.25 Å². The first-order chi connectivity index (χ1) is 8.49. The van der Waals surface area contributed by atoms with Crippen molar-refractivity contribution in [3.05, 3.63) is 24.3 Å². The van der Waals surface area contributed by atoms with Gasteiger partial charge in [-0.05, 0) is 43.5 Å². The van der Waals surface area contributed by atoms with Gasteiger partial charge in [-0.1, -0.05) is 13.8 Å². The number of nitrogens with one attached hydrogen (secondary N) is 1. The van der Waals surface area contributed by atoms with Gasteiger partial charge in [-0.25, -0.2) is 0 Å². The molecule has 0 bridgehead atoms. The molecule has 1 aromatic rings. The fourth-order valence-corrected chi connectivity index (χ4v) is 2.30. The van der Waals surface area contributed by atoms with Crippen LogP contribution in [0.5, 0.6) is 5.75 Å². The zero-order chi connectivity index (χ0) is 13.5. The lowest BCUT2D eigenvalue weighted by molar-refractivity contribution is -0.120. The number of benzene rings is 1. The molecule has 0 unspecified atom stereocenters. The van der Waals surface area contributed by atoms with Gasteiger partial charge >= 0.3 is 0 Å². The van der Waals surface area contributed by atoms with Gasteiger partial charge in [-0.3, -0.25) is 4.79 Å².